The summed E-state index contributed by atoms with van der Waals surface area (Å²) in [7, 11) is 0. The summed E-state index contributed by atoms with van der Waals surface area (Å²) in [6, 6.07) is 5.85. The average molecular weight is 319 g/mol. The van der Waals surface area contributed by atoms with Crippen molar-refractivity contribution in [1.82, 2.24) is 15.5 Å². The number of halogens is 1. The molecule has 1 aromatic carbocycles. The first-order valence-electron chi connectivity index (χ1n) is 7.55. The maximum atomic E-state index is 11.9. The maximum absolute atomic E-state index is 11.9. The lowest BCUT2D eigenvalue weighted by atomic mass is 10.00. The molecule has 0 saturated carbocycles. The van der Waals surface area contributed by atoms with Gasteiger partial charge in [-0.3, -0.25) is 4.79 Å². The van der Waals surface area contributed by atoms with Crippen molar-refractivity contribution in [3.05, 3.63) is 44.7 Å². The minimum Gasteiger partial charge on any atom is -0.383 e. The van der Waals surface area contributed by atoms with Crippen LogP contribution in [0.3, 0.4) is 0 Å². The maximum Gasteiger partial charge on any atom is 0.269 e. The molecule has 22 heavy (non-hydrogen) atoms. The van der Waals surface area contributed by atoms with E-state index in [0.29, 0.717) is 6.54 Å². The molecule has 0 atom stereocenters. The Morgan fingerprint density at radius 3 is 3.09 bits per heavy atom. The normalized spacial score (nSPS) is 13.5. The van der Waals surface area contributed by atoms with E-state index in [0.717, 1.165) is 59.0 Å². The largest absolute Gasteiger partial charge is 0.383 e. The van der Waals surface area contributed by atoms with Gasteiger partial charge in [0.05, 0.1) is 5.69 Å². The second-order valence-electron chi connectivity index (χ2n) is 5.37. The number of nitrogens with one attached hydrogen (secondary N) is 3. The van der Waals surface area contributed by atoms with Gasteiger partial charge in [-0.1, -0.05) is 24.6 Å². The van der Waals surface area contributed by atoms with Gasteiger partial charge < -0.3 is 10.6 Å². The van der Waals surface area contributed by atoms with Gasteiger partial charge >= 0.3 is 0 Å². The van der Waals surface area contributed by atoms with Crippen LogP contribution in [-0.4, -0.2) is 23.3 Å². The van der Waals surface area contributed by atoms with Crippen molar-refractivity contribution in [2.24, 2.45) is 0 Å². The van der Waals surface area contributed by atoms with Crippen LogP contribution in [0.4, 0.5) is 5.69 Å². The first-order valence-corrected chi connectivity index (χ1v) is 7.93. The molecule has 0 bridgehead atoms. The lowest BCUT2D eigenvalue weighted by Gasteiger charge is -2.19. The van der Waals surface area contributed by atoms with Gasteiger partial charge in [0.25, 0.3) is 5.56 Å². The first kappa shape index (κ1) is 15.1. The summed E-state index contributed by atoms with van der Waals surface area (Å²) >= 11 is 6.25. The van der Waals surface area contributed by atoms with Crippen LogP contribution < -0.4 is 16.2 Å². The summed E-state index contributed by atoms with van der Waals surface area (Å²) in [6.07, 6.45) is 1.75. The molecule has 0 radical (unpaired) electrons. The van der Waals surface area contributed by atoms with E-state index >= 15 is 0 Å². The number of aromatic nitrogens is 2. The van der Waals surface area contributed by atoms with E-state index in [1.165, 1.54) is 0 Å². The van der Waals surface area contributed by atoms with Crippen molar-refractivity contribution < 1.29 is 0 Å². The second kappa shape index (κ2) is 6.50. The SMILES string of the molecule is CCNCc1cc(-c2n[nH]c(=O)c3c2NCCC3)ccc1Cl. The van der Waals surface area contributed by atoms with Gasteiger partial charge in [-0.2, -0.15) is 5.10 Å². The molecule has 116 valence electrons. The molecule has 1 aliphatic rings. The Morgan fingerprint density at radius 1 is 1.41 bits per heavy atom. The number of anilines is 1. The molecule has 0 fully saturated rings. The highest BCUT2D eigenvalue weighted by Gasteiger charge is 2.19. The fourth-order valence-electron chi connectivity index (χ4n) is 2.72. The highest BCUT2D eigenvalue weighted by Crippen LogP contribution is 2.31. The number of benzene rings is 1. The zero-order chi connectivity index (χ0) is 15.5. The molecule has 1 aromatic heterocycles. The van der Waals surface area contributed by atoms with E-state index in [2.05, 4.69) is 27.8 Å². The summed E-state index contributed by atoms with van der Waals surface area (Å²) in [4.78, 5) is 11.9. The van der Waals surface area contributed by atoms with Gasteiger partial charge in [0.2, 0.25) is 0 Å². The van der Waals surface area contributed by atoms with Crippen molar-refractivity contribution in [1.29, 1.82) is 0 Å². The number of nitrogens with zero attached hydrogens (tertiary/aromatic N) is 1. The molecule has 0 amide bonds. The fraction of sp³-hybridized carbons (Fsp3) is 0.375. The van der Waals surface area contributed by atoms with E-state index in [1.807, 2.05) is 18.2 Å². The molecule has 3 N–H and O–H groups in total. The fourth-order valence-corrected chi connectivity index (χ4v) is 2.90. The highest BCUT2D eigenvalue weighted by molar-refractivity contribution is 6.31. The van der Waals surface area contributed by atoms with Crippen molar-refractivity contribution >= 4 is 17.3 Å². The van der Waals surface area contributed by atoms with Gasteiger partial charge in [-0.25, -0.2) is 5.10 Å². The Hall–Kier alpha value is -1.85. The third-order valence-corrected chi connectivity index (χ3v) is 4.24. The van der Waals surface area contributed by atoms with Crippen molar-refractivity contribution in [2.45, 2.75) is 26.3 Å². The summed E-state index contributed by atoms with van der Waals surface area (Å²) in [5, 5.41) is 14.2. The first-order chi connectivity index (χ1) is 10.7. The molecule has 0 saturated heterocycles. The number of hydrogen-bond acceptors (Lipinski definition) is 4. The zero-order valence-corrected chi connectivity index (χ0v) is 13.3. The number of fused-ring (bicyclic) bond motifs is 1. The van der Waals surface area contributed by atoms with Crippen LogP contribution in [0.15, 0.2) is 23.0 Å². The molecule has 1 aliphatic heterocycles. The van der Waals surface area contributed by atoms with Gasteiger partial charge in [0.15, 0.2) is 0 Å². The molecule has 0 spiro atoms. The molecule has 2 heterocycles. The van der Waals surface area contributed by atoms with E-state index in [9.17, 15) is 4.79 Å². The number of H-pyrrole nitrogens is 1. The standard InChI is InChI=1S/C16H19ClN4O/c1-2-18-9-11-8-10(5-6-13(11)17)14-15-12(4-3-7-19-15)16(22)21-20-14/h5-6,8,18-19H,2-4,7,9H2,1H3,(H,21,22). The molecular weight excluding hydrogens is 300 g/mol. The predicted molar refractivity (Wildman–Crippen MR) is 89.5 cm³/mol. The Labute approximate surface area is 134 Å². The van der Waals surface area contributed by atoms with Crippen LogP contribution in [0.5, 0.6) is 0 Å². The summed E-state index contributed by atoms with van der Waals surface area (Å²) < 4.78 is 0. The smallest absolute Gasteiger partial charge is 0.269 e. The van der Waals surface area contributed by atoms with Gasteiger partial charge in [0, 0.05) is 29.2 Å². The Kier molecular flexibility index (Phi) is 4.45. The zero-order valence-electron chi connectivity index (χ0n) is 12.5. The second-order valence-corrected chi connectivity index (χ2v) is 5.78. The van der Waals surface area contributed by atoms with Crippen molar-refractivity contribution in [3.63, 3.8) is 0 Å². The molecule has 0 aliphatic carbocycles. The van der Waals surface area contributed by atoms with Crippen LogP contribution in [-0.2, 0) is 13.0 Å². The highest BCUT2D eigenvalue weighted by atomic mass is 35.5. The Morgan fingerprint density at radius 2 is 2.27 bits per heavy atom. The summed E-state index contributed by atoms with van der Waals surface area (Å²) in [6.45, 7) is 4.51. The lowest BCUT2D eigenvalue weighted by Crippen LogP contribution is -2.24. The Balaban J connectivity index is 2.06. The molecule has 2 aromatic rings. The van der Waals surface area contributed by atoms with E-state index in [-0.39, 0.29) is 5.56 Å². The van der Waals surface area contributed by atoms with Crippen LogP contribution >= 0.6 is 11.6 Å². The monoisotopic (exact) mass is 318 g/mol. The molecule has 5 nitrogen and oxygen atoms in total. The Bertz CT molecular complexity index is 741. The van der Waals surface area contributed by atoms with Crippen LogP contribution in [0.1, 0.15) is 24.5 Å². The van der Waals surface area contributed by atoms with E-state index in [1.54, 1.807) is 0 Å². The number of rotatable bonds is 4. The van der Waals surface area contributed by atoms with Crippen molar-refractivity contribution in [2.75, 3.05) is 18.4 Å². The minimum atomic E-state index is -0.104. The topological polar surface area (TPSA) is 69.8 Å². The van der Waals surface area contributed by atoms with Crippen LogP contribution in [0.2, 0.25) is 5.02 Å². The summed E-state index contributed by atoms with van der Waals surface area (Å²) in [5.74, 6) is 0. The van der Waals surface area contributed by atoms with Crippen molar-refractivity contribution in [3.8, 4) is 11.3 Å². The van der Waals surface area contributed by atoms with Crippen LogP contribution in [0.25, 0.3) is 11.3 Å². The van der Waals surface area contributed by atoms with Gasteiger partial charge in [0.1, 0.15) is 5.69 Å². The number of hydrogen-bond donors (Lipinski definition) is 3. The third kappa shape index (κ3) is 2.87. The number of aromatic amines is 1. The molecule has 6 heteroatoms. The van der Waals surface area contributed by atoms with Crippen LogP contribution in [0, 0.1) is 0 Å². The van der Waals surface area contributed by atoms with E-state index < -0.39 is 0 Å². The summed E-state index contributed by atoms with van der Waals surface area (Å²) in [5.41, 5.74) is 4.31. The van der Waals surface area contributed by atoms with E-state index in [4.69, 9.17) is 11.6 Å². The third-order valence-electron chi connectivity index (χ3n) is 3.87. The molecule has 3 rings (SSSR count). The molecular formula is C16H19ClN4O. The quantitative estimate of drug-likeness (QED) is 0.810. The minimum absolute atomic E-state index is 0.104. The van der Waals surface area contributed by atoms with Gasteiger partial charge in [-0.05, 0) is 37.1 Å². The lowest BCUT2D eigenvalue weighted by molar-refractivity contribution is 0.727. The molecule has 0 unspecified atom stereocenters. The van der Waals surface area contributed by atoms with Gasteiger partial charge in [-0.15, -0.1) is 0 Å². The predicted octanol–water partition coefficient (Wildman–Crippen LogP) is 2.56. The average Bonchev–Trinajstić information content (AvgIpc) is 2.55.